The standard InChI is InChI=1S/C19H19NO7/c1-4-14-10-16(21)15(18(23)27-14)11-20(19(24)25-3)13-8-6-12(7-9-13)17(22)26-5-2/h6-11H,4-5H2,1-3H3. The SMILES string of the molecule is CCOC(=O)c1ccc(N(C=C2C(=O)C=C(CC)OC2=O)C(=O)OC)cc1. The lowest BCUT2D eigenvalue weighted by atomic mass is 10.1. The molecule has 0 N–H and O–H groups in total. The fraction of sp³-hybridized carbons (Fsp3) is 0.263. The van der Waals surface area contributed by atoms with Crippen molar-refractivity contribution in [1.82, 2.24) is 0 Å². The zero-order chi connectivity index (χ0) is 20.0. The van der Waals surface area contributed by atoms with Gasteiger partial charge in [0.2, 0.25) is 0 Å². The molecule has 1 amide bonds. The quantitative estimate of drug-likeness (QED) is 0.339. The molecular weight excluding hydrogens is 354 g/mol. The molecule has 142 valence electrons. The van der Waals surface area contributed by atoms with Gasteiger partial charge in [-0.05, 0) is 31.2 Å². The lowest BCUT2D eigenvalue weighted by molar-refractivity contribution is -0.137. The Morgan fingerprint density at radius 1 is 1.15 bits per heavy atom. The lowest BCUT2D eigenvalue weighted by Gasteiger charge is -2.20. The highest BCUT2D eigenvalue weighted by Gasteiger charge is 2.28. The molecule has 0 atom stereocenters. The summed E-state index contributed by atoms with van der Waals surface area (Å²) in [7, 11) is 1.16. The molecule has 8 heteroatoms. The maximum Gasteiger partial charge on any atom is 0.418 e. The van der Waals surface area contributed by atoms with E-state index in [1.165, 1.54) is 30.3 Å². The normalized spacial score (nSPS) is 15.1. The first-order valence-electron chi connectivity index (χ1n) is 8.24. The Kier molecular flexibility index (Phi) is 6.48. The number of anilines is 1. The van der Waals surface area contributed by atoms with E-state index in [0.717, 1.165) is 18.2 Å². The maximum atomic E-state index is 12.2. The summed E-state index contributed by atoms with van der Waals surface area (Å²) in [6.45, 7) is 3.67. The van der Waals surface area contributed by atoms with Gasteiger partial charge in [-0.3, -0.25) is 9.69 Å². The van der Waals surface area contributed by atoms with E-state index >= 15 is 0 Å². The number of ether oxygens (including phenoxy) is 3. The van der Waals surface area contributed by atoms with E-state index in [0.29, 0.717) is 12.0 Å². The van der Waals surface area contributed by atoms with Gasteiger partial charge in [-0.25, -0.2) is 14.4 Å². The van der Waals surface area contributed by atoms with E-state index in [-0.39, 0.29) is 23.6 Å². The van der Waals surface area contributed by atoms with Crippen LogP contribution in [0.1, 0.15) is 30.6 Å². The minimum absolute atomic E-state index is 0.235. The average molecular weight is 373 g/mol. The zero-order valence-electron chi connectivity index (χ0n) is 15.2. The number of carbonyl (C=O) groups excluding carboxylic acids is 4. The van der Waals surface area contributed by atoms with Gasteiger partial charge in [0.15, 0.2) is 5.78 Å². The predicted octanol–water partition coefficient (Wildman–Crippen LogP) is 2.74. The van der Waals surface area contributed by atoms with Gasteiger partial charge in [0.05, 0.1) is 25.0 Å². The van der Waals surface area contributed by atoms with E-state index in [4.69, 9.17) is 14.2 Å². The van der Waals surface area contributed by atoms with E-state index in [1.54, 1.807) is 13.8 Å². The number of carbonyl (C=O) groups is 4. The third kappa shape index (κ3) is 4.60. The van der Waals surface area contributed by atoms with Gasteiger partial charge < -0.3 is 14.2 Å². The highest BCUT2D eigenvalue weighted by atomic mass is 16.5. The molecule has 0 radical (unpaired) electrons. The summed E-state index contributed by atoms with van der Waals surface area (Å²) < 4.78 is 14.6. The third-order valence-corrected chi connectivity index (χ3v) is 3.64. The van der Waals surface area contributed by atoms with Crippen LogP contribution in [0.25, 0.3) is 0 Å². The van der Waals surface area contributed by atoms with E-state index in [2.05, 4.69) is 0 Å². The Morgan fingerprint density at radius 3 is 2.33 bits per heavy atom. The first-order chi connectivity index (χ1) is 12.9. The van der Waals surface area contributed by atoms with Crippen molar-refractivity contribution in [2.45, 2.75) is 20.3 Å². The topological polar surface area (TPSA) is 99.2 Å². The molecule has 2 rings (SSSR count). The van der Waals surface area contributed by atoms with Gasteiger partial charge in [-0.1, -0.05) is 6.92 Å². The van der Waals surface area contributed by atoms with Gasteiger partial charge in [0, 0.05) is 18.7 Å². The minimum Gasteiger partial charge on any atom is -0.462 e. The van der Waals surface area contributed by atoms with Crippen molar-refractivity contribution in [2.75, 3.05) is 18.6 Å². The maximum absolute atomic E-state index is 12.2. The van der Waals surface area contributed by atoms with Crippen LogP contribution in [-0.2, 0) is 23.8 Å². The Balaban J connectivity index is 2.38. The molecule has 0 aromatic heterocycles. The van der Waals surface area contributed by atoms with Crippen LogP contribution < -0.4 is 4.90 Å². The smallest absolute Gasteiger partial charge is 0.418 e. The number of esters is 2. The summed E-state index contributed by atoms with van der Waals surface area (Å²) >= 11 is 0. The van der Waals surface area contributed by atoms with E-state index < -0.39 is 23.8 Å². The molecule has 1 aromatic rings. The molecular formula is C19H19NO7. The monoisotopic (exact) mass is 373 g/mol. The molecule has 1 aliphatic rings. The fourth-order valence-corrected chi connectivity index (χ4v) is 2.25. The highest BCUT2D eigenvalue weighted by molar-refractivity contribution is 6.24. The Morgan fingerprint density at radius 2 is 1.81 bits per heavy atom. The summed E-state index contributed by atoms with van der Waals surface area (Å²) in [5.41, 5.74) is 0.266. The second-order valence-electron chi connectivity index (χ2n) is 5.37. The highest BCUT2D eigenvalue weighted by Crippen LogP contribution is 2.22. The van der Waals surface area contributed by atoms with Crippen molar-refractivity contribution in [3.8, 4) is 0 Å². The summed E-state index contributed by atoms with van der Waals surface area (Å²) in [6, 6.07) is 5.84. The molecule has 0 bridgehead atoms. The molecule has 1 heterocycles. The Hall–Kier alpha value is -3.42. The number of rotatable bonds is 5. The molecule has 1 aliphatic heterocycles. The molecule has 27 heavy (non-hydrogen) atoms. The molecule has 0 fully saturated rings. The zero-order valence-corrected chi connectivity index (χ0v) is 15.2. The van der Waals surface area contributed by atoms with Crippen LogP contribution in [0.15, 0.2) is 47.9 Å². The van der Waals surface area contributed by atoms with Gasteiger partial charge in [0.25, 0.3) is 0 Å². The number of hydrogen-bond donors (Lipinski definition) is 0. The molecule has 0 saturated heterocycles. The molecule has 0 saturated carbocycles. The van der Waals surface area contributed by atoms with Gasteiger partial charge in [-0.15, -0.1) is 0 Å². The number of benzene rings is 1. The number of nitrogens with zero attached hydrogens (tertiary/aromatic N) is 1. The lowest BCUT2D eigenvalue weighted by Crippen LogP contribution is -2.29. The first-order valence-corrected chi connectivity index (χ1v) is 8.24. The molecule has 0 aliphatic carbocycles. The third-order valence-electron chi connectivity index (χ3n) is 3.64. The van der Waals surface area contributed by atoms with Gasteiger partial charge in [0.1, 0.15) is 11.3 Å². The Bertz CT molecular complexity index is 821. The van der Waals surface area contributed by atoms with Crippen molar-refractivity contribution >= 4 is 29.5 Å². The summed E-state index contributed by atoms with van der Waals surface area (Å²) in [4.78, 5) is 49.1. The molecule has 1 aromatic carbocycles. The van der Waals surface area contributed by atoms with Gasteiger partial charge in [-0.2, -0.15) is 0 Å². The van der Waals surface area contributed by atoms with Crippen molar-refractivity contribution < 1.29 is 33.4 Å². The van der Waals surface area contributed by atoms with E-state index in [9.17, 15) is 19.2 Å². The van der Waals surface area contributed by atoms with E-state index in [1.807, 2.05) is 0 Å². The van der Waals surface area contributed by atoms with Crippen LogP contribution in [0.2, 0.25) is 0 Å². The van der Waals surface area contributed by atoms with Crippen LogP contribution in [0.4, 0.5) is 10.5 Å². The first kappa shape index (κ1) is 19.9. The molecule has 8 nitrogen and oxygen atoms in total. The number of amides is 1. The van der Waals surface area contributed by atoms with Gasteiger partial charge >= 0.3 is 18.0 Å². The number of allylic oxidation sites excluding steroid dienone is 2. The second kappa shape index (κ2) is 8.79. The van der Waals surface area contributed by atoms with Crippen LogP contribution in [0.3, 0.4) is 0 Å². The summed E-state index contributed by atoms with van der Waals surface area (Å²) in [6.07, 6.45) is 1.82. The van der Waals surface area contributed by atoms with Crippen LogP contribution in [0.5, 0.6) is 0 Å². The van der Waals surface area contributed by atoms with Crippen molar-refractivity contribution in [2.24, 2.45) is 0 Å². The number of hydrogen-bond acceptors (Lipinski definition) is 7. The van der Waals surface area contributed by atoms with Crippen LogP contribution in [0, 0.1) is 0 Å². The number of cyclic esters (lactones) is 1. The average Bonchev–Trinajstić information content (AvgIpc) is 2.67. The number of methoxy groups -OCH3 is 1. The number of ketones is 1. The van der Waals surface area contributed by atoms with Crippen LogP contribution in [-0.4, -0.2) is 37.5 Å². The summed E-state index contributed by atoms with van der Waals surface area (Å²) in [5.74, 6) is -1.67. The minimum atomic E-state index is -0.851. The second-order valence-corrected chi connectivity index (χ2v) is 5.37. The Labute approximate surface area is 156 Å². The van der Waals surface area contributed by atoms with Crippen molar-refractivity contribution in [3.63, 3.8) is 0 Å². The molecule has 0 unspecified atom stereocenters. The largest absolute Gasteiger partial charge is 0.462 e. The van der Waals surface area contributed by atoms with Crippen LogP contribution >= 0.6 is 0 Å². The fourth-order valence-electron chi connectivity index (χ4n) is 2.25. The predicted molar refractivity (Wildman–Crippen MR) is 94.8 cm³/mol. The summed E-state index contributed by atoms with van der Waals surface area (Å²) in [5, 5.41) is 0. The van der Waals surface area contributed by atoms with Crippen molar-refractivity contribution in [1.29, 1.82) is 0 Å². The molecule has 0 spiro atoms. The van der Waals surface area contributed by atoms with Crippen molar-refractivity contribution in [3.05, 3.63) is 53.4 Å².